The molecule has 3 aromatic rings. The molecule has 2 aromatic heterocycles. The Bertz CT molecular complexity index is 1060. The molecule has 2 fully saturated rings. The van der Waals surface area contributed by atoms with Crippen molar-refractivity contribution in [3.05, 3.63) is 54.1 Å². The Morgan fingerprint density at radius 3 is 2.24 bits per heavy atom. The molecule has 2 aliphatic rings. The fourth-order valence-corrected chi connectivity index (χ4v) is 4.08. The van der Waals surface area contributed by atoms with Crippen LogP contribution in [0.2, 0.25) is 0 Å². The van der Waals surface area contributed by atoms with E-state index in [1.54, 1.807) is 12.4 Å². The third kappa shape index (κ3) is 8.05. The number of benzene rings is 1. The van der Waals surface area contributed by atoms with Crippen LogP contribution in [-0.2, 0) is 11.3 Å². The number of rotatable bonds is 8. The molecule has 0 spiro atoms. The molecule has 37 heavy (non-hydrogen) atoms. The number of hydrogen-bond donors (Lipinski definition) is 1. The lowest BCUT2D eigenvalue weighted by Gasteiger charge is -2.30. The Hall–Kier alpha value is -3.38. The number of hydrogen-bond acceptors (Lipinski definition) is 10. The van der Waals surface area contributed by atoms with Gasteiger partial charge in [0.25, 0.3) is 0 Å². The minimum Gasteiger partial charge on any atom is -0.490 e. The van der Waals surface area contributed by atoms with Gasteiger partial charge < -0.3 is 29.5 Å². The molecule has 2 aliphatic heterocycles. The minimum atomic E-state index is -0.411. The first kappa shape index (κ1) is 26.7. The quantitative estimate of drug-likeness (QED) is 0.478. The Balaban J connectivity index is 0.000000342. The van der Waals surface area contributed by atoms with Gasteiger partial charge in [0.05, 0.1) is 19.0 Å². The highest BCUT2D eigenvalue weighted by atomic mass is 19.1. The van der Waals surface area contributed by atoms with Crippen LogP contribution in [-0.4, -0.2) is 65.5 Å². The van der Waals surface area contributed by atoms with Crippen LogP contribution < -0.4 is 20.3 Å². The normalized spacial score (nSPS) is 18.0. The number of anilines is 2. The van der Waals surface area contributed by atoms with Gasteiger partial charge in [-0.1, -0.05) is 5.16 Å². The molecule has 0 amide bonds. The lowest BCUT2D eigenvalue weighted by atomic mass is 9.98. The number of aromatic nitrogens is 4. The topological polar surface area (TPSA) is 116 Å². The lowest BCUT2D eigenvalue weighted by Crippen LogP contribution is -2.35. The highest BCUT2D eigenvalue weighted by Crippen LogP contribution is 2.23. The Morgan fingerprint density at radius 1 is 1.00 bits per heavy atom. The van der Waals surface area contributed by atoms with E-state index in [-0.39, 0.29) is 6.04 Å². The van der Waals surface area contributed by atoms with Crippen LogP contribution in [0.4, 0.5) is 20.7 Å². The van der Waals surface area contributed by atoms with Crippen LogP contribution in [0.5, 0.6) is 5.75 Å². The van der Waals surface area contributed by atoms with Gasteiger partial charge in [0.2, 0.25) is 5.95 Å². The SMILES string of the molecule is CCOCc1noc(N2CCC(COc3cnc(N4CCC(N)C4)nc3)CC2)n1.Fc1ccc(F)cc1. The van der Waals surface area contributed by atoms with Gasteiger partial charge in [0, 0.05) is 38.8 Å². The summed E-state index contributed by atoms with van der Waals surface area (Å²) in [4.78, 5) is 17.5. The molecule has 4 heterocycles. The van der Waals surface area contributed by atoms with Crippen molar-refractivity contribution in [2.24, 2.45) is 11.7 Å². The first-order chi connectivity index (χ1) is 18.0. The predicted molar refractivity (Wildman–Crippen MR) is 133 cm³/mol. The zero-order chi connectivity index (χ0) is 26.0. The van der Waals surface area contributed by atoms with Gasteiger partial charge in [-0.15, -0.1) is 0 Å². The number of piperidine rings is 1. The Morgan fingerprint density at radius 2 is 1.65 bits per heavy atom. The van der Waals surface area contributed by atoms with Crippen molar-refractivity contribution in [2.45, 2.75) is 38.8 Å². The summed E-state index contributed by atoms with van der Waals surface area (Å²) >= 11 is 0. The van der Waals surface area contributed by atoms with Gasteiger partial charge in [0.1, 0.15) is 18.2 Å². The van der Waals surface area contributed by atoms with Crippen LogP contribution in [0, 0.1) is 17.6 Å². The van der Waals surface area contributed by atoms with Crippen molar-refractivity contribution < 1.29 is 22.8 Å². The molecule has 1 unspecified atom stereocenters. The second-order valence-corrected chi connectivity index (χ2v) is 9.02. The van der Waals surface area contributed by atoms with Crippen molar-refractivity contribution in [3.63, 3.8) is 0 Å². The van der Waals surface area contributed by atoms with Crippen LogP contribution in [0.1, 0.15) is 32.0 Å². The van der Waals surface area contributed by atoms with Crippen LogP contribution in [0.25, 0.3) is 0 Å². The van der Waals surface area contributed by atoms with Crippen LogP contribution in [0.15, 0.2) is 41.2 Å². The highest BCUT2D eigenvalue weighted by Gasteiger charge is 2.24. The highest BCUT2D eigenvalue weighted by molar-refractivity contribution is 5.33. The van der Waals surface area contributed by atoms with Gasteiger partial charge in [-0.25, -0.2) is 18.7 Å². The number of halogens is 2. The van der Waals surface area contributed by atoms with E-state index in [2.05, 4.69) is 29.9 Å². The molecule has 12 heteroatoms. The number of ether oxygens (including phenoxy) is 2. The van der Waals surface area contributed by atoms with E-state index < -0.39 is 11.6 Å². The average molecular weight is 518 g/mol. The average Bonchev–Trinajstić information content (AvgIpc) is 3.58. The summed E-state index contributed by atoms with van der Waals surface area (Å²) < 4.78 is 40.4. The zero-order valence-corrected chi connectivity index (χ0v) is 20.9. The molecule has 0 bridgehead atoms. The predicted octanol–water partition coefficient (Wildman–Crippen LogP) is 3.19. The molecule has 0 saturated carbocycles. The molecule has 1 atom stereocenters. The summed E-state index contributed by atoms with van der Waals surface area (Å²) in [5, 5.41) is 3.96. The first-order valence-electron chi connectivity index (χ1n) is 12.5. The summed E-state index contributed by atoms with van der Waals surface area (Å²) in [5.41, 5.74) is 5.95. The summed E-state index contributed by atoms with van der Waals surface area (Å²) in [5.74, 6) is 1.68. The van der Waals surface area contributed by atoms with Crippen molar-refractivity contribution in [3.8, 4) is 5.75 Å². The third-order valence-corrected chi connectivity index (χ3v) is 6.19. The van der Waals surface area contributed by atoms with E-state index in [1.807, 2.05) is 6.92 Å². The fourth-order valence-electron chi connectivity index (χ4n) is 4.08. The fraction of sp³-hybridized carbons (Fsp3) is 0.520. The summed E-state index contributed by atoms with van der Waals surface area (Å²) in [6.07, 6.45) is 6.50. The van der Waals surface area contributed by atoms with E-state index in [9.17, 15) is 8.78 Å². The minimum absolute atomic E-state index is 0.212. The number of nitrogens with zero attached hydrogens (tertiary/aromatic N) is 6. The van der Waals surface area contributed by atoms with Crippen LogP contribution in [0.3, 0.4) is 0 Å². The van der Waals surface area contributed by atoms with Crippen molar-refractivity contribution in [1.82, 2.24) is 20.1 Å². The van der Waals surface area contributed by atoms with Crippen molar-refractivity contribution >= 4 is 12.0 Å². The third-order valence-electron chi connectivity index (χ3n) is 6.19. The van der Waals surface area contributed by atoms with Gasteiger partial charge in [0.15, 0.2) is 11.6 Å². The second-order valence-electron chi connectivity index (χ2n) is 9.02. The Labute approximate surface area is 214 Å². The monoisotopic (exact) mass is 517 g/mol. The summed E-state index contributed by atoms with van der Waals surface area (Å²) in [6, 6.07) is 5.10. The maximum absolute atomic E-state index is 11.9. The lowest BCUT2D eigenvalue weighted by molar-refractivity contribution is 0.126. The molecular weight excluding hydrogens is 484 g/mol. The summed E-state index contributed by atoms with van der Waals surface area (Å²) in [6.45, 7) is 7.08. The molecular formula is C25H33F2N7O3. The van der Waals surface area contributed by atoms with E-state index in [1.165, 1.54) is 0 Å². The first-order valence-corrected chi connectivity index (χ1v) is 12.5. The molecule has 1 aromatic carbocycles. The van der Waals surface area contributed by atoms with Crippen LogP contribution >= 0.6 is 0 Å². The van der Waals surface area contributed by atoms with Gasteiger partial charge in [-0.05, 0) is 56.4 Å². The van der Waals surface area contributed by atoms with E-state index >= 15 is 0 Å². The zero-order valence-electron chi connectivity index (χ0n) is 20.9. The van der Waals surface area contributed by atoms with E-state index in [0.29, 0.717) is 43.3 Å². The van der Waals surface area contributed by atoms with Gasteiger partial charge in [-0.2, -0.15) is 4.98 Å². The molecule has 5 rings (SSSR count). The second kappa shape index (κ2) is 13.2. The number of nitrogens with two attached hydrogens (primary N) is 1. The molecule has 2 N–H and O–H groups in total. The maximum atomic E-state index is 11.9. The summed E-state index contributed by atoms with van der Waals surface area (Å²) in [7, 11) is 0. The molecule has 2 saturated heterocycles. The van der Waals surface area contributed by atoms with E-state index in [4.69, 9.17) is 19.7 Å². The van der Waals surface area contributed by atoms with Crippen molar-refractivity contribution in [2.75, 3.05) is 49.2 Å². The largest absolute Gasteiger partial charge is 0.490 e. The standard InChI is InChI=1S/C19H29N7O3.C6H4F2/c1-2-27-13-17-23-19(29-24-17)25-6-3-14(4-7-25)12-28-16-9-21-18(22-10-16)26-8-5-15(20)11-26;7-5-1-2-6(8)4-3-5/h9-10,14-15H,2-8,11-13,20H2,1H3;1-4H. The Kier molecular flexibility index (Phi) is 9.55. The maximum Gasteiger partial charge on any atom is 0.324 e. The van der Waals surface area contributed by atoms with Crippen molar-refractivity contribution in [1.29, 1.82) is 0 Å². The van der Waals surface area contributed by atoms with Gasteiger partial charge >= 0.3 is 6.01 Å². The van der Waals surface area contributed by atoms with Gasteiger partial charge in [-0.3, -0.25) is 0 Å². The molecule has 0 aliphatic carbocycles. The molecule has 200 valence electrons. The molecule has 10 nitrogen and oxygen atoms in total. The van der Waals surface area contributed by atoms with E-state index in [0.717, 1.165) is 75.7 Å². The smallest absolute Gasteiger partial charge is 0.324 e. The molecule has 0 radical (unpaired) electrons.